The molecule has 0 aromatic heterocycles. The SMILES string of the molecule is CC(C)CNC(=O)C(C)N(Cc1cccc(Br)c1)C(=O)CC(c1ccccc1)c1ccccc1. The quantitative estimate of drug-likeness (QED) is 0.348. The van der Waals surface area contributed by atoms with Crippen LogP contribution in [0.2, 0.25) is 0 Å². The molecule has 178 valence electrons. The second-order valence-corrected chi connectivity index (χ2v) is 9.96. The molecule has 0 spiro atoms. The van der Waals surface area contributed by atoms with Crippen molar-refractivity contribution in [3.05, 3.63) is 106 Å². The van der Waals surface area contributed by atoms with Gasteiger partial charge in [-0.05, 0) is 41.7 Å². The van der Waals surface area contributed by atoms with Crippen molar-refractivity contribution in [2.75, 3.05) is 6.54 Å². The molecular formula is C29H33BrN2O2. The summed E-state index contributed by atoms with van der Waals surface area (Å²) in [6, 6.07) is 27.5. The summed E-state index contributed by atoms with van der Waals surface area (Å²) in [6.45, 7) is 6.87. The molecule has 3 aromatic rings. The van der Waals surface area contributed by atoms with Crippen molar-refractivity contribution < 1.29 is 9.59 Å². The van der Waals surface area contributed by atoms with Gasteiger partial charge in [0.05, 0.1) is 0 Å². The third kappa shape index (κ3) is 7.29. The molecule has 4 nitrogen and oxygen atoms in total. The highest BCUT2D eigenvalue weighted by atomic mass is 79.9. The number of carbonyl (C=O) groups excluding carboxylic acids is 2. The van der Waals surface area contributed by atoms with Gasteiger partial charge < -0.3 is 10.2 Å². The molecule has 0 bridgehead atoms. The van der Waals surface area contributed by atoms with E-state index in [2.05, 4.69) is 59.4 Å². The second kappa shape index (κ2) is 12.5. The van der Waals surface area contributed by atoms with E-state index < -0.39 is 6.04 Å². The molecule has 0 aliphatic rings. The molecule has 1 unspecified atom stereocenters. The zero-order valence-corrected chi connectivity index (χ0v) is 21.7. The summed E-state index contributed by atoms with van der Waals surface area (Å²) in [6.07, 6.45) is 0.282. The third-order valence-corrected chi connectivity index (χ3v) is 6.37. The van der Waals surface area contributed by atoms with Crippen LogP contribution < -0.4 is 5.32 Å². The minimum atomic E-state index is -0.586. The van der Waals surface area contributed by atoms with Gasteiger partial charge >= 0.3 is 0 Å². The molecule has 0 fully saturated rings. The number of halogens is 1. The minimum Gasteiger partial charge on any atom is -0.354 e. The predicted octanol–water partition coefficient (Wildman–Crippen LogP) is 6.16. The molecule has 3 aromatic carbocycles. The highest BCUT2D eigenvalue weighted by Gasteiger charge is 2.29. The van der Waals surface area contributed by atoms with Crippen LogP contribution in [0.25, 0.3) is 0 Å². The zero-order valence-electron chi connectivity index (χ0n) is 20.1. The molecule has 2 amide bonds. The Balaban J connectivity index is 1.89. The van der Waals surface area contributed by atoms with E-state index in [0.29, 0.717) is 19.0 Å². The van der Waals surface area contributed by atoms with E-state index in [1.165, 1.54) is 0 Å². The monoisotopic (exact) mass is 520 g/mol. The summed E-state index contributed by atoms with van der Waals surface area (Å²) in [5.74, 6) is 0.0645. The van der Waals surface area contributed by atoms with Crippen LogP contribution in [0, 0.1) is 5.92 Å². The summed E-state index contributed by atoms with van der Waals surface area (Å²) in [5.41, 5.74) is 3.14. The highest BCUT2D eigenvalue weighted by Crippen LogP contribution is 2.29. The fourth-order valence-corrected chi connectivity index (χ4v) is 4.40. The fourth-order valence-electron chi connectivity index (χ4n) is 3.96. The summed E-state index contributed by atoms with van der Waals surface area (Å²) in [7, 11) is 0. The molecule has 1 atom stereocenters. The molecule has 34 heavy (non-hydrogen) atoms. The Labute approximate surface area is 211 Å². The Morgan fingerprint density at radius 1 is 0.853 bits per heavy atom. The van der Waals surface area contributed by atoms with E-state index >= 15 is 0 Å². The minimum absolute atomic E-state index is 0.0510. The Bertz CT molecular complexity index is 1030. The van der Waals surface area contributed by atoms with E-state index in [1.807, 2.05) is 67.6 Å². The van der Waals surface area contributed by atoms with Crippen LogP contribution in [0.15, 0.2) is 89.4 Å². The van der Waals surface area contributed by atoms with E-state index in [9.17, 15) is 9.59 Å². The van der Waals surface area contributed by atoms with Crippen molar-refractivity contribution in [3.8, 4) is 0 Å². The molecule has 0 saturated carbocycles. The molecule has 1 N–H and O–H groups in total. The number of benzene rings is 3. The van der Waals surface area contributed by atoms with Crippen molar-refractivity contribution in [1.29, 1.82) is 0 Å². The third-order valence-electron chi connectivity index (χ3n) is 5.88. The van der Waals surface area contributed by atoms with Crippen LogP contribution in [0.3, 0.4) is 0 Å². The van der Waals surface area contributed by atoms with E-state index in [-0.39, 0.29) is 24.2 Å². The van der Waals surface area contributed by atoms with Crippen LogP contribution in [-0.4, -0.2) is 29.3 Å². The number of carbonyl (C=O) groups is 2. The molecule has 0 saturated heterocycles. The van der Waals surface area contributed by atoms with Crippen LogP contribution >= 0.6 is 15.9 Å². The summed E-state index contributed by atoms with van der Waals surface area (Å²) in [4.78, 5) is 28.5. The van der Waals surface area contributed by atoms with Gasteiger partial charge in [0.1, 0.15) is 6.04 Å². The molecule has 0 radical (unpaired) electrons. The lowest BCUT2D eigenvalue weighted by molar-refractivity contribution is -0.140. The maximum Gasteiger partial charge on any atom is 0.242 e. The molecule has 0 aliphatic carbocycles. The Morgan fingerprint density at radius 2 is 1.44 bits per heavy atom. The van der Waals surface area contributed by atoms with Gasteiger partial charge in [-0.3, -0.25) is 9.59 Å². The molecule has 0 heterocycles. The fraction of sp³-hybridized carbons (Fsp3) is 0.310. The average molecular weight is 521 g/mol. The maximum absolute atomic E-state index is 13.8. The molecular weight excluding hydrogens is 488 g/mol. The first-order valence-electron chi connectivity index (χ1n) is 11.8. The summed E-state index contributed by atoms with van der Waals surface area (Å²) in [5, 5.41) is 2.99. The molecule has 5 heteroatoms. The maximum atomic E-state index is 13.8. The van der Waals surface area contributed by atoms with Crippen LogP contribution in [0.1, 0.15) is 49.8 Å². The van der Waals surface area contributed by atoms with Crippen LogP contribution in [-0.2, 0) is 16.1 Å². The van der Waals surface area contributed by atoms with Crippen molar-refractivity contribution >= 4 is 27.7 Å². The lowest BCUT2D eigenvalue weighted by atomic mass is 9.88. The Hall–Kier alpha value is -2.92. The second-order valence-electron chi connectivity index (χ2n) is 9.04. The van der Waals surface area contributed by atoms with Gasteiger partial charge in [-0.1, -0.05) is 103 Å². The first kappa shape index (κ1) is 25.7. The van der Waals surface area contributed by atoms with Gasteiger partial charge in [0, 0.05) is 29.9 Å². The van der Waals surface area contributed by atoms with Gasteiger partial charge in [0.15, 0.2) is 0 Å². The largest absolute Gasteiger partial charge is 0.354 e. The number of hydrogen-bond acceptors (Lipinski definition) is 2. The van der Waals surface area contributed by atoms with E-state index in [1.54, 1.807) is 4.90 Å². The molecule has 3 rings (SSSR count). The summed E-state index contributed by atoms with van der Waals surface area (Å²) >= 11 is 3.51. The van der Waals surface area contributed by atoms with E-state index in [4.69, 9.17) is 0 Å². The summed E-state index contributed by atoms with van der Waals surface area (Å²) < 4.78 is 0.945. The smallest absolute Gasteiger partial charge is 0.242 e. The van der Waals surface area contributed by atoms with Gasteiger partial charge in [0.25, 0.3) is 0 Å². The molecule has 0 aliphatic heterocycles. The predicted molar refractivity (Wildman–Crippen MR) is 141 cm³/mol. The number of rotatable bonds is 10. The number of nitrogens with one attached hydrogen (secondary N) is 1. The lowest BCUT2D eigenvalue weighted by Gasteiger charge is -2.31. The van der Waals surface area contributed by atoms with Crippen LogP contribution in [0.5, 0.6) is 0 Å². The van der Waals surface area contributed by atoms with Crippen molar-refractivity contribution in [1.82, 2.24) is 10.2 Å². The highest BCUT2D eigenvalue weighted by molar-refractivity contribution is 9.10. The standard InChI is InChI=1S/C29H33BrN2O2/c1-21(2)19-31-29(34)22(3)32(20-23-11-10-16-26(30)17-23)28(33)18-27(24-12-6-4-7-13-24)25-14-8-5-9-15-25/h4-17,21-22,27H,18-20H2,1-3H3,(H,31,34). The van der Waals surface area contributed by atoms with Crippen molar-refractivity contribution in [3.63, 3.8) is 0 Å². The van der Waals surface area contributed by atoms with Crippen molar-refractivity contribution in [2.45, 2.75) is 45.7 Å². The van der Waals surface area contributed by atoms with Crippen molar-refractivity contribution in [2.24, 2.45) is 5.92 Å². The topological polar surface area (TPSA) is 49.4 Å². The Morgan fingerprint density at radius 3 is 1.97 bits per heavy atom. The number of amides is 2. The average Bonchev–Trinajstić information content (AvgIpc) is 2.85. The Kier molecular flexibility index (Phi) is 9.46. The van der Waals surface area contributed by atoms with Gasteiger partial charge in [0.2, 0.25) is 11.8 Å². The normalized spacial score (nSPS) is 11.9. The van der Waals surface area contributed by atoms with Gasteiger partial charge in [-0.2, -0.15) is 0 Å². The zero-order chi connectivity index (χ0) is 24.5. The lowest BCUT2D eigenvalue weighted by Crippen LogP contribution is -2.48. The first-order valence-corrected chi connectivity index (χ1v) is 12.6. The number of nitrogens with zero attached hydrogens (tertiary/aromatic N) is 1. The van der Waals surface area contributed by atoms with E-state index in [0.717, 1.165) is 21.2 Å². The van der Waals surface area contributed by atoms with Crippen LogP contribution in [0.4, 0.5) is 0 Å². The van der Waals surface area contributed by atoms with Gasteiger partial charge in [-0.25, -0.2) is 0 Å². The first-order chi connectivity index (χ1) is 16.3. The van der Waals surface area contributed by atoms with Gasteiger partial charge in [-0.15, -0.1) is 0 Å². The number of hydrogen-bond donors (Lipinski definition) is 1.